The van der Waals surface area contributed by atoms with E-state index in [1.54, 1.807) is 37.3 Å². The Morgan fingerprint density at radius 2 is 1.96 bits per heavy atom. The van der Waals surface area contributed by atoms with E-state index in [4.69, 9.17) is 16.3 Å². The molecule has 0 fully saturated rings. The van der Waals surface area contributed by atoms with Gasteiger partial charge in [0.1, 0.15) is 11.3 Å². The Hall–Kier alpha value is -2.79. The lowest BCUT2D eigenvalue weighted by atomic mass is 10.1. The fourth-order valence-corrected chi connectivity index (χ4v) is 2.72. The highest BCUT2D eigenvalue weighted by Crippen LogP contribution is 2.33. The average Bonchev–Trinajstić information content (AvgIpc) is 2.60. The number of rotatable bonds is 4. The fraction of sp³-hybridized carbons (Fsp3) is 0.158. The van der Waals surface area contributed by atoms with Crippen LogP contribution in [0.15, 0.2) is 42.6 Å². The monoisotopic (exact) mass is 356 g/mol. The molecule has 0 aliphatic heterocycles. The number of phenols is 1. The van der Waals surface area contributed by atoms with Gasteiger partial charge in [-0.05, 0) is 55.8 Å². The number of phenolic OH excluding ortho intramolecular Hbond substituents is 1. The van der Waals surface area contributed by atoms with E-state index in [9.17, 15) is 9.90 Å². The molecule has 0 radical (unpaired) electrons. The largest absolute Gasteiger partial charge is 0.508 e. The van der Waals surface area contributed by atoms with Crippen molar-refractivity contribution in [3.63, 3.8) is 0 Å². The van der Waals surface area contributed by atoms with Gasteiger partial charge in [0.2, 0.25) is 0 Å². The van der Waals surface area contributed by atoms with Crippen molar-refractivity contribution in [1.29, 1.82) is 0 Å². The molecule has 0 saturated heterocycles. The lowest BCUT2D eigenvalue weighted by Gasteiger charge is -2.15. The molecule has 0 spiro atoms. The van der Waals surface area contributed by atoms with E-state index in [1.807, 2.05) is 13.0 Å². The maximum atomic E-state index is 12.3. The second-order valence-electron chi connectivity index (χ2n) is 5.51. The highest BCUT2D eigenvalue weighted by atomic mass is 35.5. The number of hydrogen-bond donors (Lipinski definition) is 2. The molecule has 2 aromatic carbocycles. The third kappa shape index (κ3) is 3.37. The van der Waals surface area contributed by atoms with Gasteiger partial charge in [-0.3, -0.25) is 4.98 Å². The highest BCUT2D eigenvalue weighted by molar-refractivity contribution is 6.32. The molecule has 25 heavy (non-hydrogen) atoms. The SMILES string of the molecule is CCOC(=O)c1cnc2c(C)c(Cl)ccc2c1Nc1ccc(O)cc1. The number of aryl methyl sites for hydroxylation is 1. The van der Waals surface area contributed by atoms with Crippen LogP contribution >= 0.6 is 11.6 Å². The number of fused-ring (bicyclic) bond motifs is 1. The maximum Gasteiger partial charge on any atom is 0.341 e. The molecule has 6 heteroatoms. The van der Waals surface area contributed by atoms with Gasteiger partial charge in [-0.25, -0.2) is 4.79 Å². The Morgan fingerprint density at radius 1 is 1.24 bits per heavy atom. The maximum absolute atomic E-state index is 12.3. The number of benzene rings is 2. The van der Waals surface area contributed by atoms with Gasteiger partial charge in [0, 0.05) is 22.3 Å². The van der Waals surface area contributed by atoms with Gasteiger partial charge in [-0.2, -0.15) is 0 Å². The van der Waals surface area contributed by atoms with Gasteiger partial charge >= 0.3 is 5.97 Å². The van der Waals surface area contributed by atoms with Gasteiger partial charge in [0.05, 0.1) is 17.8 Å². The Morgan fingerprint density at radius 3 is 2.64 bits per heavy atom. The minimum atomic E-state index is -0.453. The van der Waals surface area contributed by atoms with Crippen molar-refractivity contribution in [3.05, 3.63) is 58.7 Å². The molecular formula is C19H17ClN2O3. The summed E-state index contributed by atoms with van der Waals surface area (Å²) in [4.78, 5) is 16.7. The van der Waals surface area contributed by atoms with Crippen molar-refractivity contribution < 1.29 is 14.6 Å². The van der Waals surface area contributed by atoms with Gasteiger partial charge < -0.3 is 15.2 Å². The summed E-state index contributed by atoms with van der Waals surface area (Å²) in [5, 5.41) is 14.1. The van der Waals surface area contributed by atoms with Gasteiger partial charge in [0.15, 0.2) is 0 Å². The first-order chi connectivity index (χ1) is 12.0. The smallest absolute Gasteiger partial charge is 0.341 e. The molecule has 0 amide bonds. The molecule has 0 bridgehead atoms. The molecule has 5 nitrogen and oxygen atoms in total. The summed E-state index contributed by atoms with van der Waals surface area (Å²) in [6, 6.07) is 10.2. The molecule has 0 aliphatic carbocycles. The van der Waals surface area contributed by atoms with Crippen molar-refractivity contribution in [2.45, 2.75) is 13.8 Å². The zero-order chi connectivity index (χ0) is 18.0. The number of ether oxygens (including phenoxy) is 1. The summed E-state index contributed by atoms with van der Waals surface area (Å²) >= 11 is 6.19. The summed E-state index contributed by atoms with van der Waals surface area (Å²) in [7, 11) is 0. The van der Waals surface area contributed by atoms with Crippen LogP contribution in [0.1, 0.15) is 22.8 Å². The van der Waals surface area contributed by atoms with E-state index >= 15 is 0 Å². The number of pyridine rings is 1. The van der Waals surface area contributed by atoms with Gasteiger partial charge in [-0.15, -0.1) is 0 Å². The van der Waals surface area contributed by atoms with Crippen LogP contribution in [0.5, 0.6) is 5.75 Å². The molecule has 128 valence electrons. The average molecular weight is 357 g/mol. The zero-order valence-electron chi connectivity index (χ0n) is 13.8. The number of carbonyl (C=O) groups is 1. The molecule has 0 saturated carbocycles. The van der Waals surface area contributed by atoms with Crippen LogP contribution in [0.3, 0.4) is 0 Å². The number of nitrogens with one attached hydrogen (secondary N) is 1. The summed E-state index contributed by atoms with van der Waals surface area (Å²) in [6.45, 7) is 3.91. The molecule has 3 aromatic rings. The molecule has 2 N–H and O–H groups in total. The van der Waals surface area contributed by atoms with Crippen molar-refractivity contribution in [2.75, 3.05) is 11.9 Å². The summed E-state index contributed by atoms with van der Waals surface area (Å²) < 4.78 is 5.14. The zero-order valence-corrected chi connectivity index (χ0v) is 14.6. The summed E-state index contributed by atoms with van der Waals surface area (Å²) in [6.07, 6.45) is 1.49. The molecule has 1 aromatic heterocycles. The lowest BCUT2D eigenvalue weighted by Crippen LogP contribution is -2.09. The third-order valence-electron chi connectivity index (χ3n) is 3.86. The normalized spacial score (nSPS) is 10.7. The first-order valence-corrected chi connectivity index (χ1v) is 8.20. The Kier molecular flexibility index (Phi) is 4.76. The van der Waals surface area contributed by atoms with Crippen molar-refractivity contribution >= 4 is 39.8 Å². The van der Waals surface area contributed by atoms with Crippen LogP contribution in [0.2, 0.25) is 5.02 Å². The van der Waals surface area contributed by atoms with E-state index in [0.29, 0.717) is 21.8 Å². The van der Waals surface area contributed by atoms with Crippen LogP contribution in [0, 0.1) is 6.92 Å². The number of hydrogen-bond acceptors (Lipinski definition) is 5. The van der Waals surface area contributed by atoms with Crippen LogP contribution < -0.4 is 5.32 Å². The van der Waals surface area contributed by atoms with Crippen molar-refractivity contribution in [2.24, 2.45) is 0 Å². The number of carbonyl (C=O) groups excluding carboxylic acids is 1. The van der Waals surface area contributed by atoms with E-state index in [2.05, 4.69) is 10.3 Å². The van der Waals surface area contributed by atoms with Crippen LogP contribution in [0.4, 0.5) is 11.4 Å². The van der Waals surface area contributed by atoms with E-state index in [-0.39, 0.29) is 12.4 Å². The molecule has 0 unspecified atom stereocenters. The Labute approximate surface area is 150 Å². The lowest BCUT2D eigenvalue weighted by molar-refractivity contribution is 0.0527. The fourth-order valence-electron chi connectivity index (χ4n) is 2.57. The minimum absolute atomic E-state index is 0.165. The summed E-state index contributed by atoms with van der Waals surface area (Å²) in [5.41, 5.74) is 3.20. The van der Waals surface area contributed by atoms with E-state index in [1.165, 1.54) is 6.20 Å². The topological polar surface area (TPSA) is 71.5 Å². The number of anilines is 2. The second-order valence-corrected chi connectivity index (χ2v) is 5.91. The number of halogens is 1. The number of esters is 1. The van der Waals surface area contributed by atoms with Crippen LogP contribution in [-0.4, -0.2) is 22.7 Å². The second kappa shape index (κ2) is 6.99. The number of nitrogens with zero attached hydrogens (tertiary/aromatic N) is 1. The van der Waals surface area contributed by atoms with E-state index in [0.717, 1.165) is 16.6 Å². The summed E-state index contributed by atoms with van der Waals surface area (Å²) in [5.74, 6) is -0.288. The van der Waals surface area contributed by atoms with Gasteiger partial charge in [-0.1, -0.05) is 11.6 Å². The quantitative estimate of drug-likeness (QED) is 0.518. The molecule has 0 atom stereocenters. The molecule has 3 rings (SSSR count). The Bertz CT molecular complexity index is 940. The number of aromatic hydroxyl groups is 1. The number of aromatic nitrogens is 1. The first kappa shape index (κ1) is 17.0. The van der Waals surface area contributed by atoms with Crippen LogP contribution in [0.25, 0.3) is 10.9 Å². The first-order valence-electron chi connectivity index (χ1n) is 7.82. The van der Waals surface area contributed by atoms with E-state index < -0.39 is 5.97 Å². The van der Waals surface area contributed by atoms with Crippen molar-refractivity contribution in [1.82, 2.24) is 4.98 Å². The van der Waals surface area contributed by atoms with Crippen molar-refractivity contribution in [3.8, 4) is 5.75 Å². The molecular weight excluding hydrogens is 340 g/mol. The third-order valence-corrected chi connectivity index (χ3v) is 4.27. The predicted octanol–water partition coefficient (Wildman–Crippen LogP) is 4.82. The predicted molar refractivity (Wildman–Crippen MR) is 98.8 cm³/mol. The Balaban J connectivity index is 2.19. The van der Waals surface area contributed by atoms with Gasteiger partial charge in [0.25, 0.3) is 0 Å². The highest BCUT2D eigenvalue weighted by Gasteiger charge is 2.18. The minimum Gasteiger partial charge on any atom is -0.508 e. The van der Waals surface area contributed by atoms with Crippen LogP contribution in [-0.2, 0) is 4.74 Å². The standard InChI is InChI=1S/C19H17ClN2O3/c1-3-25-19(24)15-10-21-17-11(2)16(20)9-8-14(17)18(15)22-12-4-6-13(23)7-5-12/h4-10,23H,3H2,1-2H3,(H,21,22). The molecule has 1 heterocycles. The molecule has 0 aliphatic rings.